The van der Waals surface area contributed by atoms with Gasteiger partial charge in [0, 0.05) is 46.3 Å². The van der Waals surface area contributed by atoms with Crippen LogP contribution in [0.1, 0.15) is 151 Å². The Labute approximate surface area is 489 Å². The lowest BCUT2D eigenvalue weighted by molar-refractivity contribution is -0.207. The summed E-state index contributed by atoms with van der Waals surface area (Å²) < 4.78 is 29.4. The van der Waals surface area contributed by atoms with Crippen molar-refractivity contribution in [1.82, 2.24) is 10.3 Å². The van der Waals surface area contributed by atoms with Crippen molar-refractivity contribution in [3.8, 4) is 11.5 Å². The van der Waals surface area contributed by atoms with Crippen LogP contribution in [-0.4, -0.2) is 125 Å². The number of rotatable bonds is 10. The first-order valence-corrected chi connectivity index (χ1v) is 29.7. The van der Waals surface area contributed by atoms with E-state index < -0.39 is 90.4 Å². The van der Waals surface area contributed by atoms with Gasteiger partial charge in [0.2, 0.25) is 0 Å². The number of aliphatic hydroxyl groups is 2. The number of carbonyl (C=O) groups excluding carboxylic acids is 5. The summed E-state index contributed by atoms with van der Waals surface area (Å²) in [6.45, 7) is 29.2. The summed E-state index contributed by atoms with van der Waals surface area (Å²) in [7, 11) is -2.37. The highest BCUT2D eigenvalue weighted by molar-refractivity contribution is 6.67. The molecule has 2 aliphatic heterocycles. The van der Waals surface area contributed by atoms with Gasteiger partial charge in [-0.1, -0.05) is 79.7 Å². The van der Waals surface area contributed by atoms with Crippen LogP contribution >= 0.6 is 0 Å². The highest BCUT2D eigenvalue weighted by atomic mass is 16.6. The van der Waals surface area contributed by atoms with Crippen LogP contribution in [0.15, 0.2) is 71.9 Å². The molecule has 83 heavy (non-hydrogen) atoms. The molecule has 0 aromatic heterocycles. The maximum atomic E-state index is 13.6. The van der Waals surface area contributed by atoms with Gasteiger partial charge in [-0.3, -0.25) is 9.59 Å². The minimum Gasteiger partial charge on any atom is -0.482 e. The summed E-state index contributed by atoms with van der Waals surface area (Å²) in [5, 5.41) is 54.9. The average molecular weight is 1150 g/mol. The Morgan fingerprint density at radius 2 is 1.16 bits per heavy atom. The van der Waals surface area contributed by atoms with Gasteiger partial charge in [0.05, 0.1) is 24.6 Å². The topological polar surface area (TPSA) is 252 Å². The van der Waals surface area contributed by atoms with Crippen molar-refractivity contribution in [3.63, 3.8) is 0 Å². The van der Waals surface area contributed by atoms with Gasteiger partial charge in [-0.05, 0) is 153 Å². The monoisotopic (exact) mass is 1140 g/mol. The molecule has 0 unspecified atom stereocenters. The van der Waals surface area contributed by atoms with Gasteiger partial charge < -0.3 is 49.3 Å². The number of nitrogens with zero attached hydrogens (tertiary/aromatic N) is 3. The number of hydrogen-bond acceptors (Lipinski definition) is 17. The van der Waals surface area contributed by atoms with E-state index in [0.717, 1.165) is 49.0 Å². The van der Waals surface area contributed by atoms with Crippen molar-refractivity contribution < 1.29 is 67.9 Å². The third kappa shape index (κ3) is 10.7. The molecule has 1 amide bonds. The molecule has 6 saturated carbocycles. The summed E-state index contributed by atoms with van der Waals surface area (Å²) >= 11 is 0. The number of benzene rings is 2. The van der Waals surface area contributed by atoms with Crippen LogP contribution in [0.5, 0.6) is 11.5 Å². The Morgan fingerprint density at radius 1 is 0.711 bits per heavy atom. The molecule has 2 heterocycles. The van der Waals surface area contributed by atoms with Crippen molar-refractivity contribution in [2.75, 3.05) is 13.2 Å². The van der Waals surface area contributed by atoms with Crippen LogP contribution in [-0.2, 0) is 33.4 Å². The first-order chi connectivity index (χ1) is 38.9. The van der Waals surface area contributed by atoms with Crippen LogP contribution in [0.2, 0.25) is 0 Å². The lowest BCUT2D eigenvalue weighted by Gasteiger charge is -2.61. The zero-order valence-corrected chi connectivity index (χ0v) is 50.3. The zero-order valence-electron chi connectivity index (χ0n) is 50.3. The van der Waals surface area contributed by atoms with Crippen LogP contribution in [0.3, 0.4) is 0 Å². The lowest BCUT2D eigenvalue weighted by atomic mass is 9.44. The van der Waals surface area contributed by atoms with Gasteiger partial charge in [-0.25, -0.2) is 19.3 Å². The Balaban J connectivity index is 0.000000202. The summed E-state index contributed by atoms with van der Waals surface area (Å²) in [6, 6.07) is 10.0. The third-order valence-electron chi connectivity index (χ3n) is 22.1. The fourth-order valence-electron chi connectivity index (χ4n) is 16.7. The molecule has 10 rings (SSSR count). The molecule has 8 aliphatic rings. The summed E-state index contributed by atoms with van der Waals surface area (Å²) in [6.07, 6.45) is 9.85. The fraction of sp³-hybridized carbons (Fsp3) is 0.635. The first kappa shape index (κ1) is 61.7. The van der Waals surface area contributed by atoms with Crippen LogP contribution in [0.4, 0.5) is 4.79 Å². The second-order valence-corrected chi connectivity index (χ2v) is 27.5. The van der Waals surface area contributed by atoms with E-state index in [1.807, 2.05) is 13.8 Å². The predicted octanol–water partition coefficient (Wildman–Crippen LogP) is 6.84. The summed E-state index contributed by atoms with van der Waals surface area (Å²) in [5.74, 6) is -0.484. The van der Waals surface area contributed by atoms with E-state index in [0.29, 0.717) is 53.7 Å². The molecular weight excluding hydrogens is 1060 g/mol. The Hall–Kier alpha value is -5.82. The molecule has 448 valence electrons. The van der Waals surface area contributed by atoms with Gasteiger partial charge >= 0.3 is 32.1 Å². The first-order valence-electron chi connectivity index (χ1n) is 29.7. The number of amides is 1. The van der Waals surface area contributed by atoms with Gasteiger partial charge in [-0.15, -0.1) is 13.2 Å². The minimum absolute atomic E-state index is 0.0762. The van der Waals surface area contributed by atoms with E-state index in [9.17, 15) is 44.2 Å². The largest absolute Gasteiger partial charge is 0.482 e. The highest BCUT2D eigenvalue weighted by Gasteiger charge is 2.70. The summed E-state index contributed by atoms with van der Waals surface area (Å²) in [4.78, 5) is 67.3. The maximum absolute atomic E-state index is 13.6. The summed E-state index contributed by atoms with van der Waals surface area (Å²) in [5.41, 5.74) is -1.72. The predicted molar refractivity (Wildman–Crippen MR) is 315 cm³/mol. The van der Waals surface area contributed by atoms with E-state index in [1.165, 1.54) is 6.21 Å². The normalized spacial score (nSPS) is 37.7. The van der Waals surface area contributed by atoms with Crippen molar-refractivity contribution in [2.45, 2.75) is 170 Å². The van der Waals surface area contributed by atoms with Crippen LogP contribution in [0.25, 0.3) is 0 Å². The second-order valence-electron chi connectivity index (χ2n) is 27.5. The van der Waals surface area contributed by atoms with Crippen molar-refractivity contribution in [3.05, 3.63) is 72.8 Å². The third-order valence-corrected chi connectivity index (χ3v) is 22.1. The zero-order chi connectivity index (χ0) is 60.6. The number of Topliss-reactive ketones (excluding diaryl/α,β-unsaturated/α-hetero) is 2. The second kappa shape index (κ2) is 22.6. The Morgan fingerprint density at radius 3 is 1.60 bits per heavy atom. The molecule has 0 spiro atoms. The average Bonchev–Trinajstić information content (AvgIpc) is 2.00. The number of nitrogens with one attached hydrogen (secondary N) is 1. The number of carbonyl (C=O) groups is 5. The number of fused-ring (bicyclic) bond motifs is 2. The molecule has 4 bridgehead atoms. The lowest BCUT2D eigenvalue weighted by Crippen LogP contribution is -2.63. The van der Waals surface area contributed by atoms with Gasteiger partial charge in [0.25, 0.3) is 0 Å². The van der Waals surface area contributed by atoms with Gasteiger partial charge in [0.15, 0.2) is 13.2 Å². The number of hydrazone groups is 2. The minimum atomic E-state index is -1.41. The Kier molecular flexibility index (Phi) is 16.8. The number of aliphatic hydroxyl groups excluding tert-OH is 2. The molecule has 0 saturated heterocycles. The Bertz CT molecular complexity index is 2970. The molecule has 0 radical (unpaired) electrons. The van der Waals surface area contributed by atoms with E-state index in [2.05, 4.69) is 70.2 Å². The van der Waals surface area contributed by atoms with E-state index in [1.54, 1.807) is 75.5 Å². The molecule has 20 heteroatoms. The molecule has 6 fully saturated rings. The standard InChI is InChI=1S/C34H47BN2O8.C29H39BN2O6/c1-9-32(7)17-26(33(8)20(2)12-14-34(21(3)29(32)40)15-13-25(38)28(33)34)44-27(39)19-43-23-11-10-22-18-36-37(35(42)24(22)16-23)30(41)45-31(4,5)6;1-6-27(4)14-23(38-24(34)16-37-20-8-7-19-15-31-32-30(36)21(19)13-20)28(5)17(2)9-11-29(18(3)26(27)35)12-10-22(33)25(28)29/h9-11,16,18,20-21,26,28-29,40,42H,1,12-15,17,19H2,2-8H3;6-8,13,15,17-18,23,25-26,32,35-36H,1,9-12,14,16H2,2-5H3/t20-,21+,26-,28+,29+,32-,33+,34+;17-,18+,23-,25+,26+,27-,28+,29+/m11/s1. The maximum Gasteiger partial charge on any atom is 0.478 e. The van der Waals surface area contributed by atoms with Crippen molar-refractivity contribution >= 4 is 67.1 Å². The van der Waals surface area contributed by atoms with Crippen LogP contribution in [0, 0.1) is 68.0 Å². The number of ether oxygens (including phenoxy) is 5. The van der Waals surface area contributed by atoms with E-state index >= 15 is 0 Å². The smallest absolute Gasteiger partial charge is 0.478 e. The number of esters is 2. The number of ketones is 2. The van der Waals surface area contributed by atoms with Crippen LogP contribution < -0.4 is 25.7 Å². The molecule has 18 nitrogen and oxygen atoms in total. The number of hydrogen-bond donors (Lipinski definition) is 5. The fourth-order valence-corrected chi connectivity index (χ4v) is 16.7. The molecule has 2 aromatic carbocycles. The molecule has 5 N–H and O–H groups in total. The van der Waals surface area contributed by atoms with Gasteiger partial charge in [-0.2, -0.15) is 10.2 Å². The quantitative estimate of drug-likeness (QED) is 0.0707. The molecule has 6 aliphatic carbocycles. The van der Waals surface area contributed by atoms with Gasteiger partial charge in [0.1, 0.15) is 40.9 Å². The molecule has 2 aromatic rings. The van der Waals surface area contributed by atoms with E-state index in [-0.39, 0.29) is 64.5 Å². The van der Waals surface area contributed by atoms with E-state index in [4.69, 9.17) is 23.7 Å². The SMILES string of the molecule is C=C[C@]1(C)C[C@@H](OC(=O)COc2ccc3c(c2)B(O)N(C(=O)OC(C)(C)C)N=C3)[C@]2(C)[C@H](C)CC[C@]3(CCC(=O)[C@H]32)[C@@H](C)[C@@H]1O.C=C[C@]1(C)C[C@@H](OC(=O)COc2ccc3c(c2)B(O)NN=C3)[C@]2(C)[C@H](C)CC[C@]3(CCC(=O)[C@H]32)[C@@H](C)[C@@H]1O. The molecular formula is C63H86B2N4O14. The highest BCUT2D eigenvalue weighted by Crippen LogP contribution is 2.70. The van der Waals surface area contributed by atoms with Crippen molar-refractivity contribution in [2.24, 2.45) is 78.2 Å². The molecule has 16 atom stereocenters. The van der Waals surface area contributed by atoms with Crippen molar-refractivity contribution in [1.29, 1.82) is 0 Å².